The van der Waals surface area contributed by atoms with E-state index in [0.717, 1.165) is 5.01 Å². The Bertz CT molecular complexity index is 463. The van der Waals surface area contributed by atoms with Crippen LogP contribution in [0.1, 0.15) is 29.1 Å². The second kappa shape index (κ2) is 4.66. The number of nitrogens with one attached hydrogen (secondary N) is 1. The van der Waals surface area contributed by atoms with Crippen molar-refractivity contribution in [1.29, 1.82) is 0 Å². The minimum absolute atomic E-state index is 0.264. The van der Waals surface area contributed by atoms with Crippen molar-refractivity contribution in [2.75, 3.05) is 5.32 Å². The van der Waals surface area contributed by atoms with Crippen molar-refractivity contribution in [2.45, 2.75) is 26.8 Å². The summed E-state index contributed by atoms with van der Waals surface area (Å²) in [5.41, 5.74) is 3.82. The first-order valence-electron chi connectivity index (χ1n) is 5.40. The largest absolute Gasteiger partial charge is 0.376 e. The van der Waals surface area contributed by atoms with Crippen LogP contribution in [0, 0.1) is 13.8 Å². The lowest BCUT2D eigenvalue weighted by molar-refractivity contribution is 0.867. The van der Waals surface area contributed by atoms with Crippen molar-refractivity contribution >= 4 is 17.0 Å². The number of aryl methyl sites for hydroxylation is 1. The topological polar surface area (TPSA) is 24.9 Å². The van der Waals surface area contributed by atoms with Gasteiger partial charge in [-0.3, -0.25) is 0 Å². The highest BCUT2D eigenvalue weighted by molar-refractivity contribution is 7.09. The van der Waals surface area contributed by atoms with E-state index in [0.29, 0.717) is 0 Å². The van der Waals surface area contributed by atoms with Gasteiger partial charge in [0.2, 0.25) is 0 Å². The number of hydrogen-bond acceptors (Lipinski definition) is 3. The van der Waals surface area contributed by atoms with Gasteiger partial charge in [-0.05, 0) is 38.0 Å². The molecule has 2 nitrogen and oxygen atoms in total. The molecule has 1 aromatic carbocycles. The Balaban J connectivity index is 2.18. The predicted molar refractivity (Wildman–Crippen MR) is 70.1 cm³/mol. The van der Waals surface area contributed by atoms with E-state index in [4.69, 9.17) is 0 Å². The molecule has 1 heterocycles. The van der Waals surface area contributed by atoms with Crippen molar-refractivity contribution in [1.82, 2.24) is 4.98 Å². The Morgan fingerprint density at radius 1 is 1.31 bits per heavy atom. The zero-order valence-electron chi connectivity index (χ0n) is 9.82. The Morgan fingerprint density at radius 2 is 2.12 bits per heavy atom. The van der Waals surface area contributed by atoms with Gasteiger partial charge in [0, 0.05) is 17.3 Å². The highest BCUT2D eigenvalue weighted by atomic mass is 32.1. The summed E-state index contributed by atoms with van der Waals surface area (Å²) in [7, 11) is 0. The van der Waals surface area contributed by atoms with Gasteiger partial charge in [0.1, 0.15) is 5.01 Å². The smallest absolute Gasteiger partial charge is 0.115 e. The lowest BCUT2D eigenvalue weighted by Crippen LogP contribution is -2.07. The number of hydrogen-bond donors (Lipinski definition) is 1. The molecule has 1 aromatic heterocycles. The first-order chi connectivity index (χ1) is 7.68. The Labute approximate surface area is 100 Å². The molecule has 84 valence electrons. The number of benzene rings is 1. The van der Waals surface area contributed by atoms with Crippen molar-refractivity contribution < 1.29 is 0 Å². The van der Waals surface area contributed by atoms with E-state index in [1.54, 1.807) is 11.3 Å². The van der Waals surface area contributed by atoms with E-state index in [1.165, 1.54) is 16.8 Å². The molecule has 0 bridgehead atoms. The third-order valence-electron chi connectivity index (χ3n) is 2.80. The number of anilines is 1. The van der Waals surface area contributed by atoms with Crippen LogP contribution in [0.3, 0.4) is 0 Å². The van der Waals surface area contributed by atoms with Crippen LogP contribution in [-0.4, -0.2) is 4.98 Å². The van der Waals surface area contributed by atoms with Crippen LogP contribution in [0.25, 0.3) is 0 Å². The normalized spacial score (nSPS) is 12.4. The molecule has 0 saturated heterocycles. The van der Waals surface area contributed by atoms with Crippen LogP contribution in [0.2, 0.25) is 0 Å². The Morgan fingerprint density at radius 3 is 2.81 bits per heavy atom. The highest BCUT2D eigenvalue weighted by Crippen LogP contribution is 2.24. The van der Waals surface area contributed by atoms with E-state index in [9.17, 15) is 0 Å². The second-order valence-corrected chi connectivity index (χ2v) is 4.91. The van der Waals surface area contributed by atoms with E-state index in [-0.39, 0.29) is 6.04 Å². The van der Waals surface area contributed by atoms with E-state index >= 15 is 0 Å². The summed E-state index contributed by atoms with van der Waals surface area (Å²) in [4.78, 5) is 4.32. The summed E-state index contributed by atoms with van der Waals surface area (Å²) in [6.07, 6.45) is 1.85. The summed E-state index contributed by atoms with van der Waals surface area (Å²) < 4.78 is 0. The molecular weight excluding hydrogens is 216 g/mol. The third kappa shape index (κ3) is 2.25. The minimum atomic E-state index is 0.264. The van der Waals surface area contributed by atoms with Gasteiger partial charge in [-0.25, -0.2) is 4.98 Å². The standard InChI is InChI=1S/C13H16N2S/c1-9-5-4-6-12(10(9)2)15-11(3)13-14-7-8-16-13/h4-8,11,15H,1-3H3. The maximum absolute atomic E-state index is 4.32. The molecule has 0 aliphatic carbocycles. The average Bonchev–Trinajstić information content (AvgIpc) is 2.78. The summed E-state index contributed by atoms with van der Waals surface area (Å²) in [6.45, 7) is 6.42. The molecule has 2 rings (SSSR count). The molecule has 1 unspecified atom stereocenters. The fourth-order valence-electron chi connectivity index (χ4n) is 1.65. The van der Waals surface area contributed by atoms with Crippen LogP contribution in [-0.2, 0) is 0 Å². The summed E-state index contributed by atoms with van der Waals surface area (Å²) in [6, 6.07) is 6.60. The molecule has 0 saturated carbocycles. The van der Waals surface area contributed by atoms with Gasteiger partial charge in [-0.2, -0.15) is 0 Å². The summed E-state index contributed by atoms with van der Waals surface area (Å²) >= 11 is 1.69. The maximum Gasteiger partial charge on any atom is 0.115 e. The molecular formula is C13H16N2S. The van der Waals surface area contributed by atoms with Gasteiger partial charge in [0.15, 0.2) is 0 Å². The SMILES string of the molecule is Cc1cccc(NC(C)c2nccs2)c1C. The molecule has 0 amide bonds. The molecule has 1 N–H and O–H groups in total. The van der Waals surface area contributed by atoms with Gasteiger partial charge in [0.25, 0.3) is 0 Å². The number of rotatable bonds is 3. The zero-order valence-corrected chi connectivity index (χ0v) is 10.6. The van der Waals surface area contributed by atoms with Crippen LogP contribution in [0.15, 0.2) is 29.8 Å². The lowest BCUT2D eigenvalue weighted by atomic mass is 10.1. The molecule has 0 spiro atoms. The Hall–Kier alpha value is -1.35. The summed E-state index contributed by atoms with van der Waals surface area (Å²) in [5.74, 6) is 0. The van der Waals surface area contributed by atoms with Crippen molar-refractivity contribution in [3.05, 3.63) is 45.9 Å². The van der Waals surface area contributed by atoms with Gasteiger partial charge in [-0.15, -0.1) is 11.3 Å². The van der Waals surface area contributed by atoms with Crippen LogP contribution >= 0.6 is 11.3 Å². The first-order valence-corrected chi connectivity index (χ1v) is 6.28. The van der Waals surface area contributed by atoms with Crippen molar-refractivity contribution in [3.8, 4) is 0 Å². The van der Waals surface area contributed by atoms with E-state index in [2.05, 4.69) is 49.3 Å². The maximum atomic E-state index is 4.32. The molecule has 0 fully saturated rings. The molecule has 0 aliphatic heterocycles. The van der Waals surface area contributed by atoms with Gasteiger partial charge >= 0.3 is 0 Å². The van der Waals surface area contributed by atoms with Crippen LogP contribution < -0.4 is 5.32 Å². The fraction of sp³-hybridized carbons (Fsp3) is 0.308. The first kappa shape index (κ1) is 11.1. The third-order valence-corrected chi connectivity index (χ3v) is 3.76. The lowest BCUT2D eigenvalue weighted by Gasteiger charge is -2.16. The van der Waals surface area contributed by atoms with Gasteiger partial charge < -0.3 is 5.32 Å². The second-order valence-electron chi connectivity index (χ2n) is 3.98. The monoisotopic (exact) mass is 232 g/mol. The predicted octanol–water partition coefficient (Wildman–Crippen LogP) is 3.93. The van der Waals surface area contributed by atoms with Gasteiger partial charge in [0.05, 0.1) is 6.04 Å². The van der Waals surface area contributed by atoms with Crippen LogP contribution in [0.4, 0.5) is 5.69 Å². The highest BCUT2D eigenvalue weighted by Gasteiger charge is 2.09. The van der Waals surface area contributed by atoms with Gasteiger partial charge in [-0.1, -0.05) is 12.1 Å². The van der Waals surface area contributed by atoms with Crippen LogP contribution in [0.5, 0.6) is 0 Å². The van der Waals surface area contributed by atoms with E-state index < -0.39 is 0 Å². The zero-order chi connectivity index (χ0) is 11.5. The summed E-state index contributed by atoms with van der Waals surface area (Å²) in [5, 5.41) is 6.64. The quantitative estimate of drug-likeness (QED) is 0.867. The number of thiazole rings is 1. The number of nitrogens with zero attached hydrogens (tertiary/aromatic N) is 1. The fourth-order valence-corrected chi connectivity index (χ4v) is 2.30. The van der Waals surface area contributed by atoms with Crippen molar-refractivity contribution in [2.24, 2.45) is 0 Å². The number of aromatic nitrogens is 1. The molecule has 1 atom stereocenters. The molecule has 0 radical (unpaired) electrons. The van der Waals surface area contributed by atoms with E-state index in [1.807, 2.05) is 11.6 Å². The molecule has 3 heteroatoms. The Kier molecular flexibility index (Phi) is 3.25. The van der Waals surface area contributed by atoms with Crippen molar-refractivity contribution in [3.63, 3.8) is 0 Å². The molecule has 2 aromatic rings. The molecule has 16 heavy (non-hydrogen) atoms. The molecule has 0 aliphatic rings. The average molecular weight is 232 g/mol. The minimum Gasteiger partial charge on any atom is -0.376 e.